The highest BCUT2D eigenvalue weighted by Gasteiger charge is 2.50. The molecule has 21 heavy (non-hydrogen) atoms. The number of halogens is 3. The summed E-state index contributed by atoms with van der Waals surface area (Å²) in [5, 5.41) is -0.970. The van der Waals surface area contributed by atoms with Crippen molar-refractivity contribution in [1.29, 1.82) is 0 Å². The van der Waals surface area contributed by atoms with Crippen LogP contribution < -0.4 is 0 Å². The maximum absolute atomic E-state index is 12.2. The van der Waals surface area contributed by atoms with Crippen LogP contribution in [0.4, 0.5) is 13.2 Å². The van der Waals surface area contributed by atoms with Gasteiger partial charge in [-0.05, 0) is 31.6 Å². The topological polar surface area (TPSA) is 80.8 Å². The first kappa shape index (κ1) is 18.4. The van der Waals surface area contributed by atoms with Gasteiger partial charge in [0.2, 0.25) is 10.0 Å². The van der Waals surface area contributed by atoms with Crippen LogP contribution in [0, 0.1) is 5.92 Å². The second kappa shape index (κ2) is 6.23. The standard InChI is InChI=1S/C10H16F3NO5S2/c1-3-8-4-6-9(7-5-8)20(15,16)14(2)19-21(17,18)10(11,12)13/h3,8-9H,1,4-7H2,2H3. The predicted molar refractivity (Wildman–Crippen MR) is 68.7 cm³/mol. The Labute approximate surface area is 121 Å². The SMILES string of the molecule is C=CC1CCC(S(=O)(=O)N(C)OS(=O)(=O)C(F)(F)F)CC1. The Bertz CT molecular complexity index is 576. The van der Waals surface area contributed by atoms with Crippen LogP contribution in [0.5, 0.6) is 0 Å². The molecule has 0 heterocycles. The molecule has 0 atom stereocenters. The first-order valence-electron chi connectivity index (χ1n) is 6.03. The van der Waals surface area contributed by atoms with Gasteiger partial charge in [0.05, 0.1) is 5.25 Å². The van der Waals surface area contributed by atoms with Gasteiger partial charge in [-0.15, -0.1) is 6.58 Å². The van der Waals surface area contributed by atoms with Crippen LogP contribution in [0.25, 0.3) is 0 Å². The fraction of sp³-hybridized carbons (Fsp3) is 0.800. The van der Waals surface area contributed by atoms with Crippen LogP contribution in [0.2, 0.25) is 0 Å². The predicted octanol–water partition coefficient (Wildman–Crippen LogP) is 1.77. The monoisotopic (exact) mass is 351 g/mol. The van der Waals surface area contributed by atoms with Gasteiger partial charge in [0.25, 0.3) is 0 Å². The van der Waals surface area contributed by atoms with Gasteiger partial charge in [-0.3, -0.25) is 0 Å². The molecule has 0 aromatic carbocycles. The molecule has 0 aliphatic heterocycles. The Balaban J connectivity index is 2.82. The second-order valence-electron chi connectivity index (χ2n) is 4.70. The number of rotatable bonds is 5. The average molecular weight is 351 g/mol. The fourth-order valence-electron chi connectivity index (χ4n) is 2.05. The summed E-state index contributed by atoms with van der Waals surface area (Å²) < 4.78 is 85.7. The third-order valence-corrected chi connectivity index (χ3v) is 6.50. The molecule has 0 unspecified atom stereocenters. The van der Waals surface area contributed by atoms with Crippen LogP contribution in [-0.2, 0) is 24.4 Å². The van der Waals surface area contributed by atoms with Crippen LogP contribution in [0.3, 0.4) is 0 Å². The Morgan fingerprint density at radius 3 is 2.00 bits per heavy atom. The van der Waals surface area contributed by atoms with Crippen LogP contribution in [0.15, 0.2) is 12.7 Å². The summed E-state index contributed by atoms with van der Waals surface area (Å²) >= 11 is 0. The number of alkyl halides is 3. The summed E-state index contributed by atoms with van der Waals surface area (Å²) in [6.45, 7) is 3.59. The van der Waals surface area contributed by atoms with E-state index in [1.807, 2.05) is 0 Å². The lowest BCUT2D eigenvalue weighted by atomic mass is 9.89. The number of sulfonamides is 1. The summed E-state index contributed by atoms with van der Waals surface area (Å²) in [5.74, 6) is 0.154. The summed E-state index contributed by atoms with van der Waals surface area (Å²) in [6, 6.07) is 0. The smallest absolute Gasteiger partial charge is 0.210 e. The first-order chi connectivity index (χ1) is 9.41. The van der Waals surface area contributed by atoms with E-state index >= 15 is 0 Å². The lowest BCUT2D eigenvalue weighted by molar-refractivity contribution is -0.0690. The van der Waals surface area contributed by atoms with E-state index in [1.165, 1.54) is 0 Å². The van der Waals surface area contributed by atoms with Crippen molar-refractivity contribution >= 4 is 20.1 Å². The van der Waals surface area contributed by atoms with Gasteiger partial charge in [-0.2, -0.15) is 25.9 Å². The number of hydroxylamine groups is 1. The first-order valence-corrected chi connectivity index (χ1v) is 8.94. The van der Waals surface area contributed by atoms with Crippen molar-refractivity contribution < 1.29 is 34.3 Å². The lowest BCUT2D eigenvalue weighted by Crippen LogP contribution is -2.41. The van der Waals surface area contributed by atoms with Crippen molar-refractivity contribution in [1.82, 2.24) is 4.47 Å². The van der Waals surface area contributed by atoms with Gasteiger partial charge >= 0.3 is 15.6 Å². The van der Waals surface area contributed by atoms with Gasteiger partial charge in [-0.25, -0.2) is 8.42 Å². The number of allylic oxidation sites excluding steroid dienone is 1. The molecule has 0 N–H and O–H groups in total. The van der Waals surface area contributed by atoms with E-state index in [0.29, 0.717) is 19.9 Å². The minimum absolute atomic E-state index is 0.154. The van der Waals surface area contributed by atoms with Gasteiger partial charge in [0.1, 0.15) is 0 Å². The van der Waals surface area contributed by atoms with Gasteiger partial charge in [0, 0.05) is 7.05 Å². The molecule has 0 spiro atoms. The highest BCUT2D eigenvalue weighted by molar-refractivity contribution is 7.91. The van der Waals surface area contributed by atoms with E-state index in [0.717, 1.165) is 0 Å². The molecule has 1 aliphatic rings. The van der Waals surface area contributed by atoms with Crippen molar-refractivity contribution in [3.63, 3.8) is 0 Å². The fourth-order valence-corrected chi connectivity index (χ4v) is 4.28. The Morgan fingerprint density at radius 1 is 1.14 bits per heavy atom. The summed E-state index contributed by atoms with van der Waals surface area (Å²) in [4.78, 5) is 0. The maximum Gasteiger partial charge on any atom is 0.524 e. The number of hydrogen-bond donors (Lipinski definition) is 0. The van der Waals surface area contributed by atoms with Crippen molar-refractivity contribution in [2.24, 2.45) is 5.92 Å². The highest BCUT2D eigenvalue weighted by atomic mass is 32.2. The van der Waals surface area contributed by atoms with E-state index in [4.69, 9.17) is 0 Å². The van der Waals surface area contributed by atoms with Gasteiger partial charge < -0.3 is 0 Å². The molecule has 1 saturated carbocycles. The summed E-state index contributed by atoms with van der Waals surface area (Å²) in [5.41, 5.74) is -5.68. The van der Waals surface area contributed by atoms with Crippen LogP contribution in [0.1, 0.15) is 25.7 Å². The zero-order valence-electron chi connectivity index (χ0n) is 11.2. The molecule has 0 saturated heterocycles. The molecule has 1 fully saturated rings. The Kier molecular flexibility index (Phi) is 5.45. The van der Waals surface area contributed by atoms with Crippen molar-refractivity contribution in [3.05, 3.63) is 12.7 Å². The third-order valence-electron chi connectivity index (χ3n) is 3.32. The zero-order valence-corrected chi connectivity index (χ0v) is 12.8. The molecule has 0 radical (unpaired) electrons. The summed E-state index contributed by atoms with van der Waals surface area (Å²) in [7, 11) is -9.66. The molecular formula is C10H16F3NO5S2. The Morgan fingerprint density at radius 2 is 1.62 bits per heavy atom. The molecular weight excluding hydrogens is 335 g/mol. The minimum Gasteiger partial charge on any atom is -0.210 e. The molecule has 0 aromatic rings. The van der Waals surface area contributed by atoms with Crippen LogP contribution >= 0.6 is 0 Å². The quantitative estimate of drug-likeness (QED) is 0.428. The molecule has 6 nitrogen and oxygen atoms in total. The van der Waals surface area contributed by atoms with Crippen molar-refractivity contribution in [2.75, 3.05) is 7.05 Å². The van der Waals surface area contributed by atoms with Gasteiger partial charge in [-0.1, -0.05) is 10.5 Å². The van der Waals surface area contributed by atoms with E-state index in [-0.39, 0.29) is 23.2 Å². The summed E-state index contributed by atoms with van der Waals surface area (Å²) in [6.07, 6.45) is 3.15. The lowest BCUT2D eigenvalue weighted by Gasteiger charge is -2.29. The van der Waals surface area contributed by atoms with E-state index < -0.39 is 30.9 Å². The van der Waals surface area contributed by atoms with Gasteiger partial charge in [0.15, 0.2) is 0 Å². The van der Waals surface area contributed by atoms with Crippen molar-refractivity contribution in [3.8, 4) is 0 Å². The molecule has 124 valence electrons. The molecule has 0 bridgehead atoms. The van der Waals surface area contributed by atoms with E-state index in [1.54, 1.807) is 6.08 Å². The molecule has 0 aromatic heterocycles. The molecule has 11 heteroatoms. The normalized spacial score (nSPS) is 25.0. The Hall–Kier alpha value is -0.650. The largest absolute Gasteiger partial charge is 0.524 e. The number of nitrogens with zero attached hydrogens (tertiary/aromatic N) is 1. The zero-order chi connectivity index (χ0) is 16.5. The average Bonchev–Trinajstić information content (AvgIpc) is 2.36. The van der Waals surface area contributed by atoms with Crippen LogP contribution in [-0.4, -0.2) is 39.1 Å². The van der Waals surface area contributed by atoms with E-state index in [9.17, 15) is 30.0 Å². The third kappa shape index (κ3) is 4.18. The molecule has 0 amide bonds. The highest BCUT2D eigenvalue weighted by Crippen LogP contribution is 2.32. The second-order valence-corrected chi connectivity index (χ2v) is 8.43. The number of hydrogen-bond acceptors (Lipinski definition) is 5. The maximum atomic E-state index is 12.2. The molecule has 1 aliphatic carbocycles. The van der Waals surface area contributed by atoms with E-state index in [2.05, 4.69) is 10.9 Å². The van der Waals surface area contributed by atoms with Crippen molar-refractivity contribution in [2.45, 2.75) is 36.4 Å². The minimum atomic E-state index is -6.00. The molecule has 1 rings (SSSR count).